The van der Waals surface area contributed by atoms with Gasteiger partial charge in [0.25, 0.3) is 0 Å². The Labute approximate surface area is 197 Å². The number of esters is 1. The van der Waals surface area contributed by atoms with Crippen molar-refractivity contribution in [3.63, 3.8) is 0 Å². The van der Waals surface area contributed by atoms with Gasteiger partial charge < -0.3 is 9.47 Å². The van der Waals surface area contributed by atoms with E-state index in [0.29, 0.717) is 6.42 Å². The molecule has 0 aliphatic carbocycles. The third-order valence-corrected chi connectivity index (χ3v) is 6.26. The predicted octanol–water partition coefficient (Wildman–Crippen LogP) is 7.96. The second-order valence-corrected chi connectivity index (χ2v) is 8.82. The first-order chi connectivity index (χ1) is 16.3. The molecule has 0 saturated carbocycles. The van der Waals surface area contributed by atoms with Gasteiger partial charge in [0.15, 0.2) is 6.10 Å². The Hall–Kier alpha value is -3.07. The van der Waals surface area contributed by atoms with Crippen LogP contribution in [0.4, 0.5) is 0 Å². The van der Waals surface area contributed by atoms with E-state index in [0.717, 1.165) is 34.9 Å². The SMILES string of the molecule is CCCCCCCCCC(=O)OCC1C=Cc2cc(-c3ccccc3)c3ccccc3c2O1. The topological polar surface area (TPSA) is 35.5 Å². The van der Waals surface area contributed by atoms with E-state index in [9.17, 15) is 4.79 Å². The zero-order chi connectivity index (χ0) is 22.9. The number of fused-ring (bicyclic) bond motifs is 3. The van der Waals surface area contributed by atoms with Crippen LogP contribution in [0, 0.1) is 0 Å². The van der Waals surface area contributed by atoms with Crippen molar-refractivity contribution in [1.82, 2.24) is 0 Å². The molecule has 0 radical (unpaired) electrons. The van der Waals surface area contributed by atoms with Crippen LogP contribution in [0.25, 0.3) is 28.0 Å². The summed E-state index contributed by atoms with van der Waals surface area (Å²) in [5.41, 5.74) is 3.43. The number of ether oxygens (including phenoxy) is 2. The molecular weight excluding hydrogens is 408 g/mol. The highest BCUT2D eigenvalue weighted by Gasteiger charge is 2.21. The van der Waals surface area contributed by atoms with Gasteiger partial charge in [-0.1, -0.05) is 106 Å². The lowest BCUT2D eigenvalue weighted by atomic mass is 9.93. The van der Waals surface area contributed by atoms with Crippen LogP contribution in [0.5, 0.6) is 5.75 Å². The molecular formula is C30H34O3. The summed E-state index contributed by atoms with van der Waals surface area (Å²) in [6.07, 6.45) is 12.7. The lowest BCUT2D eigenvalue weighted by Crippen LogP contribution is -2.25. The molecule has 1 atom stereocenters. The Morgan fingerprint density at radius 3 is 2.36 bits per heavy atom. The van der Waals surface area contributed by atoms with Crippen molar-refractivity contribution in [2.75, 3.05) is 6.61 Å². The van der Waals surface area contributed by atoms with Crippen LogP contribution in [0.2, 0.25) is 0 Å². The summed E-state index contributed by atoms with van der Waals surface area (Å²) in [5, 5.41) is 2.24. The van der Waals surface area contributed by atoms with Gasteiger partial charge in [0.05, 0.1) is 0 Å². The van der Waals surface area contributed by atoms with E-state index in [4.69, 9.17) is 9.47 Å². The minimum Gasteiger partial charge on any atom is -0.481 e. The van der Waals surface area contributed by atoms with E-state index >= 15 is 0 Å². The Bertz CT molecular complexity index is 1080. The van der Waals surface area contributed by atoms with Crippen molar-refractivity contribution in [2.24, 2.45) is 0 Å². The van der Waals surface area contributed by atoms with Gasteiger partial charge in [0.1, 0.15) is 12.4 Å². The molecule has 3 aromatic rings. The molecule has 0 bridgehead atoms. The van der Waals surface area contributed by atoms with Crippen LogP contribution in [-0.4, -0.2) is 18.7 Å². The summed E-state index contributed by atoms with van der Waals surface area (Å²) in [6, 6.07) is 20.9. The number of carbonyl (C=O) groups is 1. The Balaban J connectivity index is 1.36. The molecule has 0 N–H and O–H groups in total. The number of hydrogen-bond donors (Lipinski definition) is 0. The minimum atomic E-state index is -0.263. The highest BCUT2D eigenvalue weighted by Crippen LogP contribution is 2.40. The van der Waals surface area contributed by atoms with E-state index in [1.54, 1.807) is 0 Å². The van der Waals surface area contributed by atoms with Crippen LogP contribution in [0.1, 0.15) is 63.9 Å². The Morgan fingerprint density at radius 1 is 0.879 bits per heavy atom. The summed E-state index contributed by atoms with van der Waals surface area (Å²) in [6.45, 7) is 2.48. The van der Waals surface area contributed by atoms with Crippen molar-refractivity contribution >= 4 is 22.8 Å². The first-order valence-electron chi connectivity index (χ1n) is 12.4. The fourth-order valence-electron chi connectivity index (χ4n) is 4.45. The van der Waals surface area contributed by atoms with Crippen LogP contribution < -0.4 is 4.74 Å². The third kappa shape index (κ3) is 6.04. The second kappa shape index (κ2) is 11.7. The molecule has 1 aliphatic heterocycles. The maximum absolute atomic E-state index is 12.2. The maximum Gasteiger partial charge on any atom is 0.305 e. The molecule has 0 fully saturated rings. The van der Waals surface area contributed by atoms with E-state index in [-0.39, 0.29) is 18.7 Å². The lowest BCUT2D eigenvalue weighted by Gasteiger charge is -2.24. The van der Waals surface area contributed by atoms with E-state index in [2.05, 4.69) is 61.5 Å². The van der Waals surface area contributed by atoms with Crippen molar-refractivity contribution in [2.45, 2.75) is 64.4 Å². The van der Waals surface area contributed by atoms with Gasteiger partial charge in [0.2, 0.25) is 0 Å². The summed E-state index contributed by atoms with van der Waals surface area (Å²) >= 11 is 0. The predicted molar refractivity (Wildman–Crippen MR) is 136 cm³/mol. The molecule has 3 heteroatoms. The first kappa shape index (κ1) is 23.1. The fourth-order valence-corrected chi connectivity index (χ4v) is 4.45. The van der Waals surface area contributed by atoms with Crippen LogP contribution in [-0.2, 0) is 9.53 Å². The molecule has 33 heavy (non-hydrogen) atoms. The zero-order valence-corrected chi connectivity index (χ0v) is 19.6. The average Bonchev–Trinajstić information content (AvgIpc) is 2.87. The monoisotopic (exact) mass is 442 g/mol. The average molecular weight is 443 g/mol. The van der Waals surface area contributed by atoms with Crippen LogP contribution >= 0.6 is 0 Å². The standard InChI is InChI=1S/C30H34O3/c1-2-3-4-5-6-7-11-18-29(31)32-22-25-20-19-24-21-28(23-14-9-8-10-15-23)26-16-12-13-17-27(26)30(24)33-25/h8-10,12-17,19-21,25H,2-7,11,18,22H2,1H3. The first-order valence-corrected chi connectivity index (χ1v) is 12.4. The van der Waals surface area contributed by atoms with Gasteiger partial charge >= 0.3 is 5.97 Å². The number of unbranched alkanes of at least 4 members (excludes halogenated alkanes) is 6. The molecule has 0 saturated heterocycles. The van der Waals surface area contributed by atoms with Crippen molar-refractivity contribution in [3.05, 3.63) is 72.3 Å². The number of benzene rings is 3. The Morgan fingerprint density at radius 2 is 1.58 bits per heavy atom. The smallest absolute Gasteiger partial charge is 0.305 e. The van der Waals surface area contributed by atoms with Gasteiger partial charge in [-0.05, 0) is 35.1 Å². The van der Waals surface area contributed by atoms with Gasteiger partial charge in [-0.3, -0.25) is 4.79 Å². The fraction of sp³-hybridized carbons (Fsp3) is 0.367. The second-order valence-electron chi connectivity index (χ2n) is 8.82. The molecule has 172 valence electrons. The molecule has 3 aromatic carbocycles. The van der Waals surface area contributed by atoms with E-state index < -0.39 is 0 Å². The van der Waals surface area contributed by atoms with Crippen molar-refractivity contribution in [1.29, 1.82) is 0 Å². The van der Waals surface area contributed by atoms with Crippen molar-refractivity contribution in [3.8, 4) is 16.9 Å². The molecule has 1 unspecified atom stereocenters. The zero-order valence-electron chi connectivity index (χ0n) is 19.6. The highest BCUT2D eigenvalue weighted by atomic mass is 16.6. The molecule has 1 aliphatic rings. The van der Waals surface area contributed by atoms with Gasteiger partial charge in [-0.25, -0.2) is 0 Å². The molecule has 1 heterocycles. The molecule has 0 aromatic heterocycles. The lowest BCUT2D eigenvalue weighted by molar-refractivity contribution is -0.145. The minimum absolute atomic E-state index is 0.129. The van der Waals surface area contributed by atoms with Crippen LogP contribution in [0.15, 0.2) is 66.7 Å². The van der Waals surface area contributed by atoms with Gasteiger partial charge in [-0.15, -0.1) is 0 Å². The molecule has 0 amide bonds. The quantitative estimate of drug-likeness (QED) is 0.223. The van der Waals surface area contributed by atoms with Crippen LogP contribution in [0.3, 0.4) is 0 Å². The number of hydrogen-bond acceptors (Lipinski definition) is 3. The Kier molecular flexibility index (Phi) is 8.19. The maximum atomic E-state index is 12.2. The van der Waals surface area contributed by atoms with E-state index in [1.165, 1.54) is 43.2 Å². The van der Waals surface area contributed by atoms with Gasteiger partial charge in [-0.2, -0.15) is 0 Å². The highest BCUT2D eigenvalue weighted by molar-refractivity contribution is 6.02. The molecule has 0 spiro atoms. The van der Waals surface area contributed by atoms with E-state index in [1.807, 2.05) is 18.2 Å². The normalized spacial score (nSPS) is 14.6. The summed E-state index contributed by atoms with van der Waals surface area (Å²) in [7, 11) is 0. The molecule has 4 rings (SSSR count). The van der Waals surface area contributed by atoms with Gasteiger partial charge in [0, 0.05) is 17.4 Å². The number of carbonyl (C=O) groups excluding carboxylic acids is 1. The molecule has 3 nitrogen and oxygen atoms in total. The third-order valence-electron chi connectivity index (χ3n) is 6.26. The summed E-state index contributed by atoms with van der Waals surface area (Å²) in [5.74, 6) is 0.733. The summed E-state index contributed by atoms with van der Waals surface area (Å²) in [4.78, 5) is 12.2. The summed E-state index contributed by atoms with van der Waals surface area (Å²) < 4.78 is 11.8. The largest absolute Gasteiger partial charge is 0.481 e. The van der Waals surface area contributed by atoms with Crippen molar-refractivity contribution < 1.29 is 14.3 Å². The number of rotatable bonds is 11.